The summed E-state index contributed by atoms with van der Waals surface area (Å²) in [5.74, 6) is 0.905. The molecule has 0 fully saturated rings. The SMILES string of the molecule is COc1cc(-c2ccc(C)c(C)c2)ccc1-c1ccccc1. The summed E-state index contributed by atoms with van der Waals surface area (Å²) in [5, 5.41) is 0. The predicted octanol–water partition coefficient (Wildman–Crippen LogP) is 5.65. The summed E-state index contributed by atoms with van der Waals surface area (Å²) in [6.45, 7) is 4.28. The second kappa shape index (κ2) is 6.07. The standard InChI is InChI=1S/C21H20O/c1-15-9-10-18(13-16(15)2)19-11-12-20(21(14-19)22-3)17-7-5-4-6-8-17/h4-14H,1-3H3. The first-order chi connectivity index (χ1) is 10.7. The number of aryl methyl sites for hydroxylation is 2. The van der Waals surface area contributed by atoms with Gasteiger partial charge in [0.2, 0.25) is 0 Å². The lowest BCUT2D eigenvalue weighted by molar-refractivity contribution is 0.416. The summed E-state index contributed by atoms with van der Waals surface area (Å²) in [6, 6.07) is 23.3. The molecule has 0 heterocycles. The molecule has 1 heteroatoms. The van der Waals surface area contributed by atoms with E-state index in [-0.39, 0.29) is 0 Å². The third kappa shape index (κ3) is 2.75. The Morgan fingerprint density at radius 1 is 0.636 bits per heavy atom. The molecule has 1 nitrogen and oxygen atoms in total. The van der Waals surface area contributed by atoms with E-state index in [4.69, 9.17) is 4.74 Å². The van der Waals surface area contributed by atoms with Crippen LogP contribution in [0.2, 0.25) is 0 Å². The number of benzene rings is 3. The van der Waals surface area contributed by atoms with Crippen molar-refractivity contribution in [3.05, 3.63) is 77.9 Å². The first kappa shape index (κ1) is 14.4. The summed E-state index contributed by atoms with van der Waals surface area (Å²) in [7, 11) is 1.73. The Morgan fingerprint density at radius 3 is 2.00 bits per heavy atom. The highest BCUT2D eigenvalue weighted by Gasteiger charge is 2.08. The van der Waals surface area contributed by atoms with Gasteiger partial charge >= 0.3 is 0 Å². The molecule has 3 aromatic rings. The van der Waals surface area contributed by atoms with Crippen LogP contribution in [0.4, 0.5) is 0 Å². The van der Waals surface area contributed by atoms with E-state index in [2.05, 4.69) is 62.4 Å². The molecule has 110 valence electrons. The second-order valence-electron chi connectivity index (χ2n) is 5.58. The number of hydrogen-bond donors (Lipinski definition) is 0. The van der Waals surface area contributed by atoms with Crippen molar-refractivity contribution in [3.8, 4) is 28.0 Å². The normalized spacial score (nSPS) is 10.5. The molecule has 0 amide bonds. The smallest absolute Gasteiger partial charge is 0.127 e. The minimum absolute atomic E-state index is 0.905. The van der Waals surface area contributed by atoms with Gasteiger partial charge in [0.25, 0.3) is 0 Å². The third-order valence-corrected chi connectivity index (χ3v) is 4.13. The molecular weight excluding hydrogens is 268 g/mol. The predicted molar refractivity (Wildman–Crippen MR) is 93.3 cm³/mol. The molecule has 0 aromatic heterocycles. The minimum atomic E-state index is 0.905. The fraction of sp³-hybridized carbons (Fsp3) is 0.143. The molecule has 0 saturated heterocycles. The Kier molecular flexibility index (Phi) is 3.97. The number of methoxy groups -OCH3 is 1. The molecule has 22 heavy (non-hydrogen) atoms. The maximum absolute atomic E-state index is 5.62. The van der Waals surface area contributed by atoms with Crippen LogP contribution in [0.15, 0.2) is 66.7 Å². The number of ether oxygens (including phenoxy) is 1. The lowest BCUT2D eigenvalue weighted by atomic mass is 9.97. The van der Waals surface area contributed by atoms with E-state index in [0.717, 1.165) is 11.3 Å². The molecule has 0 unspecified atom stereocenters. The Morgan fingerprint density at radius 2 is 1.32 bits per heavy atom. The Labute approximate surface area is 132 Å². The molecule has 0 aliphatic rings. The van der Waals surface area contributed by atoms with Crippen LogP contribution in [0, 0.1) is 13.8 Å². The second-order valence-corrected chi connectivity index (χ2v) is 5.58. The summed E-state index contributed by atoms with van der Waals surface area (Å²) < 4.78 is 5.62. The zero-order chi connectivity index (χ0) is 15.5. The van der Waals surface area contributed by atoms with Gasteiger partial charge in [-0.2, -0.15) is 0 Å². The first-order valence-electron chi connectivity index (χ1n) is 7.50. The van der Waals surface area contributed by atoms with Gasteiger partial charge in [-0.3, -0.25) is 0 Å². The quantitative estimate of drug-likeness (QED) is 0.605. The molecule has 0 saturated carbocycles. The topological polar surface area (TPSA) is 9.23 Å². The van der Waals surface area contributed by atoms with Crippen molar-refractivity contribution in [3.63, 3.8) is 0 Å². The van der Waals surface area contributed by atoms with Crippen molar-refractivity contribution in [2.24, 2.45) is 0 Å². The van der Waals surface area contributed by atoms with Crippen molar-refractivity contribution in [1.29, 1.82) is 0 Å². The summed E-state index contributed by atoms with van der Waals surface area (Å²) >= 11 is 0. The van der Waals surface area contributed by atoms with Crippen molar-refractivity contribution in [2.45, 2.75) is 13.8 Å². The van der Waals surface area contributed by atoms with Crippen LogP contribution < -0.4 is 4.74 Å². The van der Waals surface area contributed by atoms with E-state index in [1.165, 1.54) is 27.8 Å². The monoisotopic (exact) mass is 288 g/mol. The molecule has 0 aliphatic carbocycles. The lowest BCUT2D eigenvalue weighted by Crippen LogP contribution is -1.90. The van der Waals surface area contributed by atoms with Gasteiger partial charge in [0.15, 0.2) is 0 Å². The third-order valence-electron chi connectivity index (χ3n) is 4.13. The van der Waals surface area contributed by atoms with Crippen LogP contribution in [-0.2, 0) is 0 Å². The molecule has 0 N–H and O–H groups in total. The summed E-state index contributed by atoms with van der Waals surface area (Å²) in [6.07, 6.45) is 0. The first-order valence-corrected chi connectivity index (χ1v) is 7.50. The Balaban J connectivity index is 2.07. The largest absolute Gasteiger partial charge is 0.496 e. The maximum atomic E-state index is 5.62. The van der Waals surface area contributed by atoms with Crippen molar-refractivity contribution < 1.29 is 4.74 Å². The average molecular weight is 288 g/mol. The van der Waals surface area contributed by atoms with E-state index in [1.807, 2.05) is 18.2 Å². The number of rotatable bonds is 3. The van der Waals surface area contributed by atoms with Crippen LogP contribution in [-0.4, -0.2) is 7.11 Å². The van der Waals surface area contributed by atoms with E-state index >= 15 is 0 Å². The average Bonchev–Trinajstić information content (AvgIpc) is 2.57. The van der Waals surface area contributed by atoms with Gasteiger partial charge in [0, 0.05) is 5.56 Å². The van der Waals surface area contributed by atoms with Crippen molar-refractivity contribution in [1.82, 2.24) is 0 Å². The highest BCUT2D eigenvalue weighted by Crippen LogP contribution is 2.34. The fourth-order valence-electron chi connectivity index (χ4n) is 2.65. The van der Waals surface area contributed by atoms with Gasteiger partial charge in [0.1, 0.15) is 5.75 Å². The molecular formula is C21H20O. The highest BCUT2D eigenvalue weighted by molar-refractivity contribution is 5.76. The lowest BCUT2D eigenvalue weighted by Gasteiger charge is -2.12. The van der Waals surface area contributed by atoms with E-state index in [1.54, 1.807) is 7.11 Å². The molecule has 0 atom stereocenters. The zero-order valence-electron chi connectivity index (χ0n) is 13.3. The van der Waals surface area contributed by atoms with Gasteiger partial charge in [0.05, 0.1) is 7.11 Å². The maximum Gasteiger partial charge on any atom is 0.127 e. The summed E-state index contributed by atoms with van der Waals surface area (Å²) in [5.41, 5.74) is 7.32. The van der Waals surface area contributed by atoms with E-state index in [0.29, 0.717) is 0 Å². The van der Waals surface area contributed by atoms with Gasteiger partial charge < -0.3 is 4.74 Å². The molecule has 0 spiro atoms. The summed E-state index contributed by atoms with van der Waals surface area (Å²) in [4.78, 5) is 0. The van der Waals surface area contributed by atoms with Gasteiger partial charge in [-0.1, -0.05) is 60.7 Å². The van der Waals surface area contributed by atoms with E-state index in [9.17, 15) is 0 Å². The van der Waals surface area contributed by atoms with Crippen LogP contribution >= 0.6 is 0 Å². The molecule has 0 radical (unpaired) electrons. The van der Waals surface area contributed by atoms with Gasteiger partial charge in [-0.15, -0.1) is 0 Å². The van der Waals surface area contributed by atoms with Crippen LogP contribution in [0.1, 0.15) is 11.1 Å². The molecule has 0 bridgehead atoms. The van der Waals surface area contributed by atoms with Gasteiger partial charge in [-0.05, 0) is 47.7 Å². The molecule has 0 aliphatic heterocycles. The van der Waals surface area contributed by atoms with Crippen LogP contribution in [0.25, 0.3) is 22.3 Å². The zero-order valence-corrected chi connectivity index (χ0v) is 13.3. The van der Waals surface area contributed by atoms with Crippen LogP contribution in [0.3, 0.4) is 0 Å². The van der Waals surface area contributed by atoms with Crippen molar-refractivity contribution in [2.75, 3.05) is 7.11 Å². The van der Waals surface area contributed by atoms with Crippen LogP contribution in [0.5, 0.6) is 5.75 Å². The van der Waals surface area contributed by atoms with Crippen molar-refractivity contribution >= 4 is 0 Å². The Bertz CT molecular complexity index is 788. The Hall–Kier alpha value is -2.54. The minimum Gasteiger partial charge on any atom is -0.496 e. The molecule has 3 aromatic carbocycles. The highest BCUT2D eigenvalue weighted by atomic mass is 16.5. The van der Waals surface area contributed by atoms with E-state index < -0.39 is 0 Å². The van der Waals surface area contributed by atoms with Gasteiger partial charge in [-0.25, -0.2) is 0 Å². The molecule has 3 rings (SSSR count). The fourth-order valence-corrected chi connectivity index (χ4v) is 2.65. The number of hydrogen-bond acceptors (Lipinski definition) is 1.